The summed E-state index contributed by atoms with van der Waals surface area (Å²) in [5, 5.41) is 13.0. The van der Waals surface area contributed by atoms with Crippen LogP contribution in [0.25, 0.3) is 22.2 Å². The Hall–Kier alpha value is -3.11. The van der Waals surface area contributed by atoms with Gasteiger partial charge in [-0.3, -0.25) is 4.72 Å². The van der Waals surface area contributed by atoms with Gasteiger partial charge in [0.2, 0.25) is 10.0 Å². The minimum absolute atomic E-state index is 0.00759. The zero-order chi connectivity index (χ0) is 23.0. The maximum absolute atomic E-state index is 14.4. The minimum atomic E-state index is -3.52. The minimum Gasteiger partial charge on any atom is -0.710 e. The van der Waals surface area contributed by atoms with Gasteiger partial charge in [-0.1, -0.05) is 15.9 Å². The molecule has 4 rings (SSSR count). The monoisotopic (exact) mass is 519 g/mol. The third-order valence-electron chi connectivity index (χ3n) is 4.93. The fraction of sp³-hybridized carbons (Fsp3) is 0.136. The molecule has 0 aliphatic heterocycles. The first kappa shape index (κ1) is 22.1. The first-order valence-electron chi connectivity index (χ1n) is 9.66. The number of rotatable bonds is 6. The molecule has 0 saturated carbocycles. The summed E-state index contributed by atoms with van der Waals surface area (Å²) >= 11 is 3.22. The van der Waals surface area contributed by atoms with Crippen LogP contribution in [-0.4, -0.2) is 19.2 Å². The Labute approximate surface area is 192 Å². The lowest BCUT2D eigenvalue weighted by Gasteiger charge is -2.16. The van der Waals surface area contributed by atoms with E-state index in [0.29, 0.717) is 43.8 Å². The molecule has 0 atom stereocenters. The number of hydrogen-bond acceptors (Lipinski definition) is 4. The van der Waals surface area contributed by atoms with E-state index in [2.05, 4.69) is 25.6 Å². The second-order valence-corrected chi connectivity index (χ2v) is 10.1. The number of pyridine rings is 1. The summed E-state index contributed by atoms with van der Waals surface area (Å²) < 4.78 is 48.4. The van der Waals surface area contributed by atoms with Crippen molar-refractivity contribution in [1.29, 1.82) is 0 Å². The SMILES string of the molecule is CCS(=O)(=O)Nc1ccc(Oc2ccc(Br)cc2F)c(-c2cc(C)[n+]([O-])c3[nH]ccc23)c1. The van der Waals surface area contributed by atoms with Crippen LogP contribution >= 0.6 is 15.9 Å². The number of aromatic amines is 1. The van der Waals surface area contributed by atoms with Gasteiger partial charge < -0.3 is 9.94 Å². The number of benzene rings is 2. The highest BCUT2D eigenvalue weighted by Crippen LogP contribution is 2.39. The van der Waals surface area contributed by atoms with Crippen LogP contribution in [0.5, 0.6) is 11.5 Å². The van der Waals surface area contributed by atoms with Crippen LogP contribution in [0, 0.1) is 17.9 Å². The van der Waals surface area contributed by atoms with Gasteiger partial charge >= 0.3 is 0 Å². The van der Waals surface area contributed by atoms with E-state index in [-0.39, 0.29) is 11.5 Å². The van der Waals surface area contributed by atoms with Gasteiger partial charge in [-0.25, -0.2) is 22.5 Å². The molecule has 0 radical (unpaired) electrons. The average molecular weight is 520 g/mol. The highest BCUT2D eigenvalue weighted by Gasteiger charge is 2.19. The Morgan fingerprint density at radius 3 is 2.59 bits per heavy atom. The maximum Gasteiger partial charge on any atom is 0.290 e. The van der Waals surface area contributed by atoms with Crippen molar-refractivity contribution in [2.45, 2.75) is 13.8 Å². The first-order valence-corrected chi connectivity index (χ1v) is 12.1. The van der Waals surface area contributed by atoms with Crippen molar-refractivity contribution >= 4 is 42.7 Å². The molecule has 0 aliphatic rings. The predicted octanol–water partition coefficient (Wildman–Crippen LogP) is 5.23. The van der Waals surface area contributed by atoms with Crippen molar-refractivity contribution < 1.29 is 22.3 Å². The molecule has 0 spiro atoms. The number of H-pyrrole nitrogens is 1. The van der Waals surface area contributed by atoms with E-state index >= 15 is 0 Å². The van der Waals surface area contributed by atoms with Crippen LogP contribution in [0.2, 0.25) is 0 Å². The standard InChI is InChI=1S/C22H19BrFN3O4S/c1-3-32(29,30)26-15-5-7-20(31-21-6-4-14(23)11-19(21)24)18(12-15)17-10-13(2)27(28)22-16(17)8-9-25-22/h4-12,25-26H,3H2,1-2H3. The zero-order valence-electron chi connectivity index (χ0n) is 17.1. The van der Waals surface area contributed by atoms with Gasteiger partial charge in [-0.2, -0.15) is 0 Å². The van der Waals surface area contributed by atoms with Crippen molar-refractivity contribution in [3.05, 3.63) is 75.9 Å². The molecule has 0 bridgehead atoms. The Morgan fingerprint density at radius 1 is 1.12 bits per heavy atom. The number of nitrogens with one attached hydrogen (secondary N) is 2. The number of hydrogen-bond donors (Lipinski definition) is 2. The molecule has 2 aromatic carbocycles. The third-order valence-corrected chi connectivity index (χ3v) is 6.73. The molecule has 2 N–H and O–H groups in total. The van der Waals surface area contributed by atoms with Crippen molar-refractivity contribution in [1.82, 2.24) is 4.98 Å². The summed E-state index contributed by atoms with van der Waals surface area (Å²) in [5.74, 6) is -0.341. The van der Waals surface area contributed by atoms with Gasteiger partial charge in [0.25, 0.3) is 5.65 Å². The van der Waals surface area contributed by atoms with E-state index in [9.17, 15) is 18.0 Å². The van der Waals surface area contributed by atoms with Gasteiger partial charge in [0.05, 0.1) is 17.3 Å². The lowest BCUT2D eigenvalue weighted by atomic mass is 10.0. The third kappa shape index (κ3) is 4.28. The fourth-order valence-electron chi connectivity index (χ4n) is 3.31. The van der Waals surface area contributed by atoms with Crippen LogP contribution in [-0.2, 0) is 10.0 Å². The first-order chi connectivity index (χ1) is 15.2. The number of nitrogens with zero attached hydrogens (tertiary/aromatic N) is 1. The number of aryl methyl sites for hydroxylation is 1. The van der Waals surface area contributed by atoms with Crippen molar-refractivity contribution in [2.24, 2.45) is 0 Å². The molecule has 0 amide bonds. The number of aromatic nitrogens is 2. The molecule has 4 aromatic rings. The predicted molar refractivity (Wildman–Crippen MR) is 125 cm³/mol. The molecule has 0 saturated heterocycles. The Morgan fingerprint density at radius 2 is 1.88 bits per heavy atom. The summed E-state index contributed by atoms with van der Waals surface area (Å²) in [6, 6.07) is 12.6. The van der Waals surface area contributed by atoms with Crippen molar-refractivity contribution in [3.63, 3.8) is 0 Å². The lowest BCUT2D eigenvalue weighted by molar-refractivity contribution is -0.586. The molecule has 2 heterocycles. The summed E-state index contributed by atoms with van der Waals surface area (Å²) in [5.41, 5.74) is 2.23. The molecule has 32 heavy (non-hydrogen) atoms. The van der Waals surface area contributed by atoms with Gasteiger partial charge in [0.1, 0.15) is 11.4 Å². The average Bonchev–Trinajstić information content (AvgIpc) is 3.24. The number of sulfonamides is 1. The number of ether oxygens (including phenoxy) is 1. The molecule has 166 valence electrons. The molecular weight excluding hydrogens is 501 g/mol. The lowest BCUT2D eigenvalue weighted by Crippen LogP contribution is -2.31. The quantitative estimate of drug-likeness (QED) is 0.269. The van der Waals surface area contributed by atoms with E-state index in [1.807, 2.05) is 0 Å². The molecule has 0 aliphatic carbocycles. The van der Waals surface area contributed by atoms with E-state index in [0.717, 1.165) is 4.73 Å². The fourth-order valence-corrected chi connectivity index (χ4v) is 4.28. The van der Waals surface area contributed by atoms with Crippen LogP contribution in [0.15, 0.2) is 59.2 Å². The maximum atomic E-state index is 14.4. The van der Waals surface area contributed by atoms with Gasteiger partial charge in [0, 0.05) is 21.3 Å². The van der Waals surface area contributed by atoms with E-state index < -0.39 is 15.8 Å². The molecule has 0 fully saturated rings. The smallest absolute Gasteiger partial charge is 0.290 e. The molecule has 7 nitrogen and oxygen atoms in total. The largest absolute Gasteiger partial charge is 0.710 e. The topological polar surface area (TPSA) is 98.1 Å². The van der Waals surface area contributed by atoms with Crippen molar-refractivity contribution in [3.8, 4) is 22.6 Å². The summed E-state index contributed by atoms with van der Waals surface area (Å²) in [6.07, 6.45) is 1.64. The Balaban J connectivity index is 1.92. The van der Waals surface area contributed by atoms with E-state index in [4.69, 9.17) is 4.74 Å². The van der Waals surface area contributed by atoms with Crippen LogP contribution in [0.4, 0.5) is 10.1 Å². The van der Waals surface area contributed by atoms with Gasteiger partial charge in [-0.05, 0) is 62.4 Å². The van der Waals surface area contributed by atoms with E-state index in [1.54, 1.807) is 49.5 Å². The summed E-state index contributed by atoms with van der Waals surface area (Å²) in [7, 11) is -3.52. The number of halogens is 2. The zero-order valence-corrected chi connectivity index (χ0v) is 19.6. The molecule has 2 aromatic heterocycles. The molecule has 10 heteroatoms. The molecule has 0 unspecified atom stereocenters. The van der Waals surface area contributed by atoms with Crippen LogP contribution < -0.4 is 14.2 Å². The summed E-state index contributed by atoms with van der Waals surface area (Å²) in [6.45, 7) is 3.20. The highest BCUT2D eigenvalue weighted by molar-refractivity contribution is 9.10. The second-order valence-electron chi connectivity index (χ2n) is 7.13. The summed E-state index contributed by atoms with van der Waals surface area (Å²) in [4.78, 5) is 2.92. The van der Waals surface area contributed by atoms with Crippen LogP contribution in [0.3, 0.4) is 0 Å². The number of anilines is 1. The van der Waals surface area contributed by atoms with E-state index in [1.165, 1.54) is 19.1 Å². The Kier molecular flexibility index (Phi) is 5.83. The van der Waals surface area contributed by atoms with Crippen LogP contribution in [0.1, 0.15) is 12.6 Å². The second kappa shape index (κ2) is 8.44. The normalized spacial score (nSPS) is 11.6. The van der Waals surface area contributed by atoms with Gasteiger partial charge in [0.15, 0.2) is 11.6 Å². The molecular formula is C22H19BrFN3O4S. The van der Waals surface area contributed by atoms with Crippen molar-refractivity contribution in [2.75, 3.05) is 10.5 Å². The highest BCUT2D eigenvalue weighted by atomic mass is 79.9. The Bertz CT molecular complexity index is 1440. The van der Waals surface area contributed by atoms with Gasteiger partial charge in [-0.15, -0.1) is 0 Å². The number of fused-ring (bicyclic) bond motifs is 1.